The Morgan fingerprint density at radius 2 is 2.00 bits per heavy atom. The molecule has 1 atom stereocenters. The molecule has 25 heavy (non-hydrogen) atoms. The Kier molecular flexibility index (Phi) is 5.42. The Labute approximate surface area is 149 Å². The molecular formula is C20H28N2O3. The van der Waals surface area contributed by atoms with Crippen LogP contribution in [0.2, 0.25) is 0 Å². The van der Waals surface area contributed by atoms with Crippen molar-refractivity contribution in [3.8, 4) is 0 Å². The molecule has 1 amide bonds. The van der Waals surface area contributed by atoms with Crippen LogP contribution in [0.4, 0.5) is 0 Å². The summed E-state index contributed by atoms with van der Waals surface area (Å²) >= 11 is 0. The molecule has 0 bridgehead atoms. The summed E-state index contributed by atoms with van der Waals surface area (Å²) in [7, 11) is 0. The molecule has 0 aromatic heterocycles. The van der Waals surface area contributed by atoms with Gasteiger partial charge in [0.25, 0.3) is 0 Å². The minimum atomic E-state index is -0.825. The zero-order valence-corrected chi connectivity index (χ0v) is 15.0. The molecule has 1 unspecified atom stereocenters. The van der Waals surface area contributed by atoms with E-state index in [4.69, 9.17) is 0 Å². The van der Waals surface area contributed by atoms with Gasteiger partial charge >= 0.3 is 5.97 Å². The molecule has 1 fully saturated rings. The van der Waals surface area contributed by atoms with Gasteiger partial charge < -0.3 is 10.4 Å². The first-order valence-corrected chi connectivity index (χ1v) is 9.35. The van der Waals surface area contributed by atoms with Crippen LogP contribution in [0.5, 0.6) is 0 Å². The number of carboxylic acid groups (broad SMARTS) is 1. The number of fused-ring (bicyclic) bond motifs is 1. The number of hydrogen-bond donors (Lipinski definition) is 2. The number of nitrogens with zero attached hydrogens (tertiary/aromatic N) is 1. The molecule has 1 heterocycles. The fourth-order valence-electron chi connectivity index (χ4n) is 4.03. The van der Waals surface area contributed by atoms with Gasteiger partial charge in [0.1, 0.15) is 0 Å². The number of carbonyl (C=O) groups excluding carboxylic acids is 1. The van der Waals surface area contributed by atoms with Gasteiger partial charge in [-0.05, 0) is 36.8 Å². The topological polar surface area (TPSA) is 69.6 Å². The first-order valence-electron chi connectivity index (χ1n) is 9.35. The van der Waals surface area contributed by atoms with Gasteiger partial charge in [0.05, 0.1) is 5.41 Å². The number of hydrogen-bond acceptors (Lipinski definition) is 3. The lowest BCUT2D eigenvalue weighted by molar-refractivity contribution is -0.157. The highest BCUT2D eigenvalue weighted by Crippen LogP contribution is 2.44. The van der Waals surface area contributed by atoms with Crippen LogP contribution in [0.15, 0.2) is 24.3 Å². The molecule has 2 N–H and O–H groups in total. The van der Waals surface area contributed by atoms with Gasteiger partial charge in [0.15, 0.2) is 0 Å². The van der Waals surface area contributed by atoms with Crippen LogP contribution in [-0.4, -0.2) is 41.0 Å². The molecule has 136 valence electrons. The molecule has 0 saturated heterocycles. The number of aliphatic carboxylic acids is 1. The van der Waals surface area contributed by atoms with Crippen molar-refractivity contribution < 1.29 is 14.7 Å². The lowest BCUT2D eigenvalue weighted by Crippen LogP contribution is -2.47. The van der Waals surface area contributed by atoms with Gasteiger partial charge in [0, 0.05) is 32.1 Å². The van der Waals surface area contributed by atoms with Crippen molar-refractivity contribution in [2.75, 3.05) is 13.1 Å². The number of nitrogens with one attached hydrogen (secondary N) is 1. The van der Waals surface area contributed by atoms with Crippen LogP contribution < -0.4 is 5.32 Å². The van der Waals surface area contributed by atoms with Gasteiger partial charge in [0.2, 0.25) is 5.91 Å². The van der Waals surface area contributed by atoms with E-state index in [2.05, 4.69) is 41.4 Å². The van der Waals surface area contributed by atoms with Gasteiger partial charge in [-0.1, -0.05) is 37.6 Å². The van der Waals surface area contributed by atoms with Crippen molar-refractivity contribution in [1.82, 2.24) is 10.2 Å². The summed E-state index contributed by atoms with van der Waals surface area (Å²) in [5.74, 6) is -0.952. The molecular weight excluding hydrogens is 316 g/mol. The summed E-state index contributed by atoms with van der Waals surface area (Å²) in [5.41, 5.74) is 1.99. The Balaban J connectivity index is 1.53. The molecule has 1 aliphatic carbocycles. The minimum Gasteiger partial charge on any atom is -0.481 e. The molecule has 3 rings (SSSR count). The molecule has 2 aliphatic rings. The maximum Gasteiger partial charge on any atom is 0.310 e. The Morgan fingerprint density at radius 3 is 2.60 bits per heavy atom. The molecule has 0 spiro atoms. The van der Waals surface area contributed by atoms with Crippen LogP contribution in [0.3, 0.4) is 0 Å². The van der Waals surface area contributed by atoms with Crippen molar-refractivity contribution >= 4 is 11.9 Å². The number of carboxylic acids is 1. The normalized spacial score (nSPS) is 20.2. The van der Waals surface area contributed by atoms with Crippen molar-refractivity contribution in [1.29, 1.82) is 0 Å². The smallest absolute Gasteiger partial charge is 0.310 e. The third-order valence-corrected chi connectivity index (χ3v) is 5.95. The van der Waals surface area contributed by atoms with E-state index in [1.165, 1.54) is 11.1 Å². The highest BCUT2D eigenvalue weighted by atomic mass is 16.4. The fourth-order valence-corrected chi connectivity index (χ4v) is 4.03. The molecule has 1 aliphatic heterocycles. The van der Waals surface area contributed by atoms with Crippen LogP contribution in [0.25, 0.3) is 0 Å². The Morgan fingerprint density at radius 1 is 1.28 bits per heavy atom. The molecule has 1 saturated carbocycles. The Hall–Kier alpha value is -1.88. The minimum absolute atomic E-state index is 0.113. The number of carbonyl (C=O) groups is 2. The highest BCUT2D eigenvalue weighted by Gasteiger charge is 2.45. The number of amides is 1. The molecule has 0 radical (unpaired) electrons. The lowest BCUT2D eigenvalue weighted by Gasteiger charge is -2.38. The molecule has 1 aromatic rings. The lowest BCUT2D eigenvalue weighted by atomic mass is 9.66. The summed E-state index contributed by atoms with van der Waals surface area (Å²) in [6.07, 6.45) is 4.27. The van der Waals surface area contributed by atoms with E-state index in [0.29, 0.717) is 25.4 Å². The average Bonchev–Trinajstić information content (AvgIpc) is 2.58. The second-order valence-electron chi connectivity index (χ2n) is 7.47. The zero-order valence-electron chi connectivity index (χ0n) is 15.0. The van der Waals surface area contributed by atoms with Gasteiger partial charge in [-0.15, -0.1) is 0 Å². The zero-order chi connectivity index (χ0) is 17.9. The van der Waals surface area contributed by atoms with E-state index in [1.54, 1.807) is 0 Å². The van der Waals surface area contributed by atoms with Gasteiger partial charge in [-0.3, -0.25) is 14.5 Å². The van der Waals surface area contributed by atoms with Crippen LogP contribution in [-0.2, 0) is 22.6 Å². The summed E-state index contributed by atoms with van der Waals surface area (Å²) < 4.78 is 0. The summed E-state index contributed by atoms with van der Waals surface area (Å²) in [4.78, 5) is 26.1. The number of benzene rings is 1. The van der Waals surface area contributed by atoms with Crippen LogP contribution in [0, 0.1) is 5.41 Å². The quantitative estimate of drug-likeness (QED) is 0.798. The third kappa shape index (κ3) is 3.87. The second kappa shape index (κ2) is 7.56. The molecule has 1 aromatic carbocycles. The second-order valence-corrected chi connectivity index (χ2v) is 7.47. The predicted molar refractivity (Wildman–Crippen MR) is 96.2 cm³/mol. The maximum absolute atomic E-state index is 12.3. The van der Waals surface area contributed by atoms with E-state index >= 15 is 0 Å². The largest absolute Gasteiger partial charge is 0.481 e. The molecule has 5 heteroatoms. The van der Waals surface area contributed by atoms with E-state index in [9.17, 15) is 14.7 Å². The van der Waals surface area contributed by atoms with Crippen molar-refractivity contribution in [2.45, 2.75) is 58.0 Å². The van der Waals surface area contributed by atoms with E-state index in [-0.39, 0.29) is 12.3 Å². The van der Waals surface area contributed by atoms with Gasteiger partial charge in [-0.25, -0.2) is 0 Å². The van der Waals surface area contributed by atoms with Crippen molar-refractivity contribution in [3.63, 3.8) is 0 Å². The Bertz CT molecular complexity index is 640. The van der Waals surface area contributed by atoms with Gasteiger partial charge in [-0.2, -0.15) is 0 Å². The van der Waals surface area contributed by atoms with E-state index in [1.807, 2.05) is 0 Å². The maximum atomic E-state index is 12.3. The monoisotopic (exact) mass is 344 g/mol. The summed E-state index contributed by atoms with van der Waals surface area (Å²) in [5, 5.41) is 12.4. The average molecular weight is 344 g/mol. The summed E-state index contributed by atoms with van der Waals surface area (Å²) in [6.45, 7) is 4.66. The van der Waals surface area contributed by atoms with E-state index < -0.39 is 11.4 Å². The molecule has 5 nitrogen and oxygen atoms in total. The predicted octanol–water partition coefficient (Wildman–Crippen LogP) is 2.58. The van der Waals surface area contributed by atoms with Crippen LogP contribution >= 0.6 is 0 Å². The van der Waals surface area contributed by atoms with Crippen molar-refractivity contribution in [3.05, 3.63) is 35.4 Å². The highest BCUT2D eigenvalue weighted by molar-refractivity contribution is 5.85. The van der Waals surface area contributed by atoms with Crippen molar-refractivity contribution in [2.24, 2.45) is 5.41 Å². The van der Waals surface area contributed by atoms with Crippen LogP contribution in [0.1, 0.15) is 50.2 Å². The third-order valence-electron chi connectivity index (χ3n) is 5.95. The fraction of sp³-hybridized carbons (Fsp3) is 0.600. The standard InChI is InChI=1S/C20H28N2O3/c1-2-17(22-11-8-15-6-3-4-7-16(15)14-22)13-21-18(23)12-20(19(24)25)9-5-10-20/h3-4,6-7,17H,2,5,8-14H2,1H3,(H,21,23)(H,24,25). The first kappa shape index (κ1) is 17.9. The SMILES string of the molecule is CCC(CNC(=O)CC1(C(=O)O)CCC1)N1CCc2ccccc2C1. The van der Waals surface area contributed by atoms with E-state index in [0.717, 1.165) is 32.4 Å². The number of rotatable bonds is 7. The first-order chi connectivity index (χ1) is 12.0. The summed E-state index contributed by atoms with van der Waals surface area (Å²) in [6, 6.07) is 8.83.